The fourth-order valence-corrected chi connectivity index (χ4v) is 2.33. The third-order valence-corrected chi connectivity index (χ3v) is 4.01. The molecule has 0 amide bonds. The fraction of sp³-hybridized carbons (Fsp3) is 0.400. The molecular formula is C15H21NS2. The highest BCUT2D eigenvalue weighted by Crippen LogP contribution is 2.13. The number of benzene rings is 1. The van der Waals surface area contributed by atoms with Crippen molar-refractivity contribution in [2.24, 2.45) is 0 Å². The first kappa shape index (κ1) is 15.3. The summed E-state index contributed by atoms with van der Waals surface area (Å²) in [6.45, 7) is 3.08. The Bertz CT molecular complexity index is 373. The third kappa shape index (κ3) is 6.22. The van der Waals surface area contributed by atoms with Crippen LogP contribution in [0, 0.1) is 0 Å². The molecular weight excluding hydrogens is 258 g/mol. The van der Waals surface area contributed by atoms with Gasteiger partial charge in [0.2, 0.25) is 0 Å². The molecule has 0 unspecified atom stereocenters. The number of unbranched alkanes of at least 4 members (excludes halogenated alkanes) is 2. The minimum Gasteiger partial charge on any atom is -0.356 e. The molecule has 0 spiro atoms. The number of thioether (sulfide) groups is 1. The Balaban J connectivity index is 2.31. The lowest BCUT2D eigenvalue weighted by Crippen LogP contribution is -2.21. The molecule has 1 aromatic carbocycles. The van der Waals surface area contributed by atoms with Crippen LogP contribution in [-0.2, 0) is 6.54 Å². The Morgan fingerprint density at radius 3 is 2.72 bits per heavy atom. The summed E-state index contributed by atoms with van der Waals surface area (Å²) in [6.07, 6.45) is 5.85. The van der Waals surface area contributed by atoms with Crippen LogP contribution in [-0.4, -0.2) is 16.3 Å². The summed E-state index contributed by atoms with van der Waals surface area (Å²) >= 11 is 7.02. The van der Waals surface area contributed by atoms with E-state index in [-0.39, 0.29) is 0 Å². The Morgan fingerprint density at radius 1 is 1.33 bits per heavy atom. The van der Waals surface area contributed by atoms with Crippen LogP contribution in [0.5, 0.6) is 0 Å². The summed E-state index contributed by atoms with van der Waals surface area (Å²) in [5.74, 6) is 0. The standard InChI is InChI=1S/C15H21NS2/c1-3-4-5-9-12-18-15(17)16(2)13-14-10-7-6-8-11-14/h6-12H,3-5,13H2,1-2H3/b12-9-. The summed E-state index contributed by atoms with van der Waals surface area (Å²) in [7, 11) is 2.04. The SMILES string of the molecule is CCCC/C=C\SC(=S)N(C)Cc1ccccc1. The zero-order valence-electron chi connectivity index (χ0n) is 11.1. The van der Waals surface area contributed by atoms with Gasteiger partial charge in [0.15, 0.2) is 0 Å². The van der Waals surface area contributed by atoms with Gasteiger partial charge in [-0.2, -0.15) is 0 Å². The van der Waals surface area contributed by atoms with E-state index in [0.717, 1.165) is 17.3 Å². The lowest BCUT2D eigenvalue weighted by Gasteiger charge is -2.18. The molecule has 0 heterocycles. The van der Waals surface area contributed by atoms with Crippen molar-refractivity contribution in [3.8, 4) is 0 Å². The average Bonchev–Trinajstić information content (AvgIpc) is 2.39. The highest BCUT2D eigenvalue weighted by molar-refractivity contribution is 8.24. The molecule has 3 heteroatoms. The molecule has 0 radical (unpaired) electrons. The monoisotopic (exact) mass is 279 g/mol. The molecule has 0 atom stereocenters. The lowest BCUT2D eigenvalue weighted by atomic mass is 10.2. The van der Waals surface area contributed by atoms with E-state index in [1.165, 1.54) is 18.4 Å². The quantitative estimate of drug-likeness (QED) is 0.542. The van der Waals surface area contributed by atoms with Gasteiger partial charge in [-0.05, 0) is 17.4 Å². The van der Waals surface area contributed by atoms with Crippen molar-refractivity contribution in [2.75, 3.05) is 7.05 Å². The van der Waals surface area contributed by atoms with Crippen molar-refractivity contribution in [1.82, 2.24) is 4.90 Å². The van der Waals surface area contributed by atoms with E-state index < -0.39 is 0 Å². The molecule has 0 aliphatic carbocycles. The zero-order chi connectivity index (χ0) is 13.2. The van der Waals surface area contributed by atoms with Crippen LogP contribution in [0.15, 0.2) is 41.8 Å². The van der Waals surface area contributed by atoms with E-state index in [9.17, 15) is 0 Å². The first-order valence-electron chi connectivity index (χ1n) is 6.34. The molecule has 0 aliphatic rings. The number of nitrogens with zero attached hydrogens (tertiary/aromatic N) is 1. The first-order valence-corrected chi connectivity index (χ1v) is 7.63. The topological polar surface area (TPSA) is 3.24 Å². The third-order valence-electron chi connectivity index (χ3n) is 2.56. The van der Waals surface area contributed by atoms with Gasteiger partial charge in [0.1, 0.15) is 4.32 Å². The zero-order valence-corrected chi connectivity index (χ0v) is 12.8. The van der Waals surface area contributed by atoms with Gasteiger partial charge in [0, 0.05) is 13.6 Å². The van der Waals surface area contributed by atoms with Gasteiger partial charge in [-0.15, -0.1) is 0 Å². The molecule has 1 aromatic rings. The molecule has 0 saturated heterocycles. The maximum absolute atomic E-state index is 5.39. The van der Waals surface area contributed by atoms with Crippen LogP contribution in [0.2, 0.25) is 0 Å². The lowest BCUT2D eigenvalue weighted by molar-refractivity contribution is 0.519. The molecule has 1 rings (SSSR count). The number of rotatable bonds is 6. The summed E-state index contributed by atoms with van der Waals surface area (Å²) in [6, 6.07) is 10.4. The maximum Gasteiger partial charge on any atom is 0.140 e. The number of hydrogen-bond acceptors (Lipinski definition) is 2. The normalized spacial score (nSPS) is 10.8. The smallest absolute Gasteiger partial charge is 0.140 e. The van der Waals surface area contributed by atoms with Crippen LogP contribution in [0.1, 0.15) is 31.7 Å². The molecule has 0 aromatic heterocycles. The number of thiocarbonyl (C=S) groups is 1. The minimum atomic E-state index is 0.871. The molecule has 0 saturated carbocycles. The molecule has 1 nitrogen and oxygen atoms in total. The molecule has 98 valence electrons. The van der Waals surface area contributed by atoms with E-state index in [0.29, 0.717) is 0 Å². The van der Waals surface area contributed by atoms with Crippen LogP contribution in [0.3, 0.4) is 0 Å². The van der Waals surface area contributed by atoms with Crippen LogP contribution in [0.4, 0.5) is 0 Å². The Hall–Kier alpha value is -0.800. The van der Waals surface area contributed by atoms with Gasteiger partial charge in [-0.1, -0.05) is 80.2 Å². The van der Waals surface area contributed by atoms with Gasteiger partial charge in [-0.3, -0.25) is 0 Å². The Labute approximate surface area is 120 Å². The highest BCUT2D eigenvalue weighted by atomic mass is 32.2. The van der Waals surface area contributed by atoms with Crippen LogP contribution >= 0.6 is 24.0 Å². The van der Waals surface area contributed by atoms with Crippen LogP contribution in [0.25, 0.3) is 0 Å². The van der Waals surface area contributed by atoms with E-state index >= 15 is 0 Å². The van der Waals surface area contributed by atoms with Crippen molar-refractivity contribution >= 4 is 28.3 Å². The molecule has 0 fully saturated rings. The van der Waals surface area contributed by atoms with Crippen LogP contribution < -0.4 is 0 Å². The van der Waals surface area contributed by atoms with Crippen molar-refractivity contribution in [3.05, 3.63) is 47.4 Å². The largest absolute Gasteiger partial charge is 0.356 e. The van der Waals surface area contributed by atoms with Gasteiger partial charge < -0.3 is 4.90 Å². The van der Waals surface area contributed by atoms with Gasteiger partial charge in [0.25, 0.3) is 0 Å². The predicted molar refractivity (Wildman–Crippen MR) is 86.8 cm³/mol. The first-order chi connectivity index (χ1) is 8.74. The van der Waals surface area contributed by atoms with Crippen molar-refractivity contribution < 1.29 is 0 Å². The summed E-state index contributed by atoms with van der Waals surface area (Å²) < 4.78 is 0.923. The van der Waals surface area contributed by atoms with Crippen molar-refractivity contribution in [1.29, 1.82) is 0 Å². The van der Waals surface area contributed by atoms with E-state index in [1.54, 1.807) is 11.8 Å². The number of allylic oxidation sites excluding steroid dienone is 1. The summed E-state index contributed by atoms with van der Waals surface area (Å²) in [5.41, 5.74) is 1.29. The molecule has 0 N–H and O–H groups in total. The second-order valence-electron chi connectivity index (χ2n) is 4.24. The van der Waals surface area contributed by atoms with Gasteiger partial charge in [0.05, 0.1) is 0 Å². The Kier molecular flexibility index (Phi) is 7.78. The average molecular weight is 279 g/mol. The van der Waals surface area contributed by atoms with E-state index in [1.807, 2.05) is 13.1 Å². The highest BCUT2D eigenvalue weighted by Gasteiger charge is 2.03. The predicted octanol–water partition coefficient (Wildman–Crippen LogP) is 4.84. The molecule has 18 heavy (non-hydrogen) atoms. The van der Waals surface area contributed by atoms with E-state index in [4.69, 9.17) is 12.2 Å². The molecule has 0 bridgehead atoms. The second kappa shape index (κ2) is 9.17. The minimum absolute atomic E-state index is 0.871. The Morgan fingerprint density at radius 2 is 2.06 bits per heavy atom. The summed E-state index contributed by atoms with van der Waals surface area (Å²) in [5, 5.41) is 2.11. The maximum atomic E-state index is 5.39. The molecule has 0 aliphatic heterocycles. The summed E-state index contributed by atoms with van der Waals surface area (Å²) in [4.78, 5) is 2.11. The van der Waals surface area contributed by atoms with Crippen molar-refractivity contribution in [2.45, 2.75) is 32.7 Å². The fourth-order valence-electron chi connectivity index (χ4n) is 1.51. The second-order valence-corrected chi connectivity index (χ2v) is 5.78. The van der Waals surface area contributed by atoms with E-state index in [2.05, 4.69) is 47.6 Å². The van der Waals surface area contributed by atoms with Gasteiger partial charge >= 0.3 is 0 Å². The van der Waals surface area contributed by atoms with Gasteiger partial charge in [-0.25, -0.2) is 0 Å². The van der Waals surface area contributed by atoms with Crippen molar-refractivity contribution in [3.63, 3.8) is 0 Å². The number of hydrogen-bond donors (Lipinski definition) is 0.